The first kappa shape index (κ1) is 12.7. The van der Waals surface area contributed by atoms with Crippen LogP contribution < -0.4 is 4.90 Å². The van der Waals surface area contributed by atoms with Crippen LogP contribution in [0.4, 0.5) is 5.69 Å². The lowest BCUT2D eigenvalue weighted by atomic mass is 10.1. The van der Waals surface area contributed by atoms with E-state index in [1.165, 1.54) is 4.90 Å². The Balaban J connectivity index is 2.17. The molecule has 2 amide bonds. The summed E-state index contributed by atoms with van der Waals surface area (Å²) in [6.07, 6.45) is 0. The number of carbonyl (C=O) groups is 2. The van der Waals surface area contributed by atoms with Crippen molar-refractivity contribution in [3.63, 3.8) is 0 Å². The van der Waals surface area contributed by atoms with Crippen LogP contribution in [0.15, 0.2) is 30.3 Å². The number of aryl methyl sites for hydroxylation is 2. The summed E-state index contributed by atoms with van der Waals surface area (Å²) in [6, 6.07) is 8.92. The van der Waals surface area contributed by atoms with E-state index in [0.29, 0.717) is 15.9 Å². The number of imide groups is 1. The molecule has 1 aliphatic heterocycles. The Labute approximate surface area is 121 Å². The maximum atomic E-state index is 12.4. The van der Waals surface area contributed by atoms with E-state index in [-0.39, 0.29) is 17.4 Å². The van der Waals surface area contributed by atoms with Gasteiger partial charge in [0.15, 0.2) is 0 Å². The third-order valence-corrected chi connectivity index (χ3v) is 3.62. The average molecular weight is 284 g/mol. The maximum absolute atomic E-state index is 12.4. The Morgan fingerprint density at radius 3 is 2.35 bits per heavy atom. The molecule has 1 N–H and O–H groups in total. The second kappa shape index (κ2) is 4.38. The molecule has 0 bridgehead atoms. The van der Waals surface area contributed by atoms with Crippen LogP contribution >= 0.6 is 12.2 Å². The number of fused-ring (bicyclic) bond motifs is 1. The predicted octanol–water partition coefficient (Wildman–Crippen LogP) is 3.16. The van der Waals surface area contributed by atoms with E-state index in [9.17, 15) is 9.59 Å². The molecular formula is C15H12N2O2S. The Hall–Kier alpha value is -2.27. The molecule has 1 aromatic heterocycles. The molecule has 2 aromatic rings. The zero-order chi connectivity index (χ0) is 14.4. The minimum absolute atomic E-state index is 0.288. The Morgan fingerprint density at radius 2 is 1.70 bits per heavy atom. The van der Waals surface area contributed by atoms with Crippen LogP contribution in [0.25, 0.3) is 0 Å². The van der Waals surface area contributed by atoms with Crippen LogP contribution in [-0.2, 0) is 0 Å². The number of rotatable bonds is 1. The number of pyridine rings is 1. The highest BCUT2D eigenvalue weighted by Crippen LogP contribution is 2.29. The van der Waals surface area contributed by atoms with E-state index in [4.69, 9.17) is 12.2 Å². The first-order valence-corrected chi connectivity index (χ1v) is 6.59. The van der Waals surface area contributed by atoms with Crippen molar-refractivity contribution < 1.29 is 9.59 Å². The van der Waals surface area contributed by atoms with E-state index in [1.807, 2.05) is 26.0 Å². The lowest BCUT2D eigenvalue weighted by molar-refractivity contribution is 0.0926. The summed E-state index contributed by atoms with van der Waals surface area (Å²) in [5, 5.41) is 0. The fraction of sp³-hybridized carbons (Fsp3) is 0.133. The number of benzene rings is 1. The quantitative estimate of drug-likeness (QED) is 0.646. The standard InChI is InChI=1S/C15H12N2O2S/c1-8-3-5-10(6-4-8)17-14(18)11-7-9(2)16-13(20)12(11)15(17)19/h3-7H,1-2H3,(H,16,20). The smallest absolute Gasteiger partial charge is 0.269 e. The zero-order valence-corrected chi connectivity index (χ0v) is 11.9. The number of hydrogen-bond acceptors (Lipinski definition) is 3. The number of anilines is 1. The van der Waals surface area contributed by atoms with Crippen LogP contribution in [0.1, 0.15) is 32.0 Å². The van der Waals surface area contributed by atoms with Gasteiger partial charge in [-0.3, -0.25) is 9.59 Å². The molecule has 0 fully saturated rings. The van der Waals surface area contributed by atoms with Gasteiger partial charge in [0.25, 0.3) is 11.8 Å². The second-order valence-corrected chi connectivity index (χ2v) is 5.26. The van der Waals surface area contributed by atoms with Crippen molar-refractivity contribution in [2.75, 3.05) is 4.90 Å². The summed E-state index contributed by atoms with van der Waals surface area (Å²) >= 11 is 5.16. The van der Waals surface area contributed by atoms with Gasteiger partial charge in [0, 0.05) is 5.69 Å². The van der Waals surface area contributed by atoms with Gasteiger partial charge in [0.05, 0.1) is 16.8 Å². The van der Waals surface area contributed by atoms with Gasteiger partial charge in [-0.25, -0.2) is 4.90 Å². The molecule has 1 aliphatic rings. The van der Waals surface area contributed by atoms with Crippen molar-refractivity contribution >= 4 is 29.7 Å². The molecular weight excluding hydrogens is 272 g/mol. The van der Waals surface area contributed by atoms with Crippen molar-refractivity contribution in [2.45, 2.75) is 13.8 Å². The van der Waals surface area contributed by atoms with E-state index in [2.05, 4.69) is 4.98 Å². The van der Waals surface area contributed by atoms with Crippen LogP contribution in [0.3, 0.4) is 0 Å². The molecule has 0 unspecified atom stereocenters. The van der Waals surface area contributed by atoms with Gasteiger partial charge in [-0.15, -0.1) is 0 Å². The monoisotopic (exact) mass is 284 g/mol. The number of aromatic amines is 1. The van der Waals surface area contributed by atoms with Gasteiger partial charge in [0.2, 0.25) is 0 Å². The highest BCUT2D eigenvalue weighted by Gasteiger charge is 2.38. The number of amides is 2. The molecule has 0 saturated heterocycles. The Kier molecular flexibility index (Phi) is 2.79. The third-order valence-electron chi connectivity index (χ3n) is 3.31. The normalized spacial score (nSPS) is 13.8. The number of nitrogens with zero attached hydrogens (tertiary/aromatic N) is 1. The van der Waals surface area contributed by atoms with Gasteiger partial charge in [-0.05, 0) is 32.0 Å². The Morgan fingerprint density at radius 1 is 1.05 bits per heavy atom. The number of aromatic nitrogens is 1. The average Bonchev–Trinajstić information content (AvgIpc) is 2.63. The third kappa shape index (κ3) is 1.78. The maximum Gasteiger partial charge on any atom is 0.269 e. The van der Waals surface area contributed by atoms with E-state index in [0.717, 1.165) is 11.3 Å². The number of hydrogen-bond donors (Lipinski definition) is 1. The van der Waals surface area contributed by atoms with E-state index < -0.39 is 0 Å². The van der Waals surface area contributed by atoms with Gasteiger partial charge < -0.3 is 4.98 Å². The molecule has 0 spiro atoms. The fourth-order valence-electron chi connectivity index (χ4n) is 2.32. The molecule has 4 nitrogen and oxygen atoms in total. The minimum Gasteiger partial charge on any atom is -0.350 e. The van der Waals surface area contributed by atoms with E-state index >= 15 is 0 Å². The number of H-pyrrole nitrogens is 1. The van der Waals surface area contributed by atoms with Crippen LogP contribution in [0.5, 0.6) is 0 Å². The lowest BCUT2D eigenvalue weighted by Gasteiger charge is -2.13. The number of nitrogens with one attached hydrogen (secondary N) is 1. The van der Waals surface area contributed by atoms with Crippen molar-refractivity contribution in [1.82, 2.24) is 4.98 Å². The summed E-state index contributed by atoms with van der Waals surface area (Å²) < 4.78 is 0.313. The summed E-state index contributed by atoms with van der Waals surface area (Å²) in [7, 11) is 0. The summed E-state index contributed by atoms with van der Waals surface area (Å²) in [6.45, 7) is 3.76. The van der Waals surface area contributed by atoms with Crippen LogP contribution in [-0.4, -0.2) is 16.8 Å². The SMILES string of the molecule is Cc1ccc(N2C(=O)c3cc(C)[nH]c(=S)c3C2=O)cc1. The molecule has 5 heteroatoms. The highest BCUT2D eigenvalue weighted by atomic mass is 32.1. The molecule has 0 radical (unpaired) electrons. The van der Waals surface area contributed by atoms with E-state index in [1.54, 1.807) is 18.2 Å². The van der Waals surface area contributed by atoms with Gasteiger partial charge >= 0.3 is 0 Å². The first-order chi connectivity index (χ1) is 9.49. The molecule has 3 rings (SSSR count). The molecule has 0 aliphatic carbocycles. The largest absolute Gasteiger partial charge is 0.350 e. The zero-order valence-electron chi connectivity index (χ0n) is 11.1. The first-order valence-electron chi connectivity index (χ1n) is 6.18. The summed E-state index contributed by atoms with van der Waals surface area (Å²) in [5.74, 6) is -0.688. The topological polar surface area (TPSA) is 53.2 Å². The Bertz CT molecular complexity index is 791. The number of carbonyl (C=O) groups excluding carboxylic acids is 2. The second-order valence-electron chi connectivity index (χ2n) is 4.85. The molecule has 2 heterocycles. The van der Waals surface area contributed by atoms with Gasteiger partial charge in [-0.2, -0.15) is 0 Å². The fourth-order valence-corrected chi connectivity index (χ4v) is 2.68. The predicted molar refractivity (Wildman–Crippen MR) is 78.7 cm³/mol. The molecule has 100 valence electrons. The molecule has 0 atom stereocenters. The minimum atomic E-state index is -0.366. The van der Waals surface area contributed by atoms with Crippen molar-refractivity contribution in [2.24, 2.45) is 0 Å². The van der Waals surface area contributed by atoms with Crippen LogP contribution in [0.2, 0.25) is 0 Å². The van der Waals surface area contributed by atoms with Gasteiger partial charge in [-0.1, -0.05) is 29.9 Å². The molecule has 20 heavy (non-hydrogen) atoms. The highest BCUT2D eigenvalue weighted by molar-refractivity contribution is 7.71. The summed E-state index contributed by atoms with van der Waals surface area (Å²) in [5.41, 5.74) is 3.06. The van der Waals surface area contributed by atoms with Gasteiger partial charge in [0.1, 0.15) is 4.64 Å². The molecule has 0 saturated carbocycles. The lowest BCUT2D eigenvalue weighted by Crippen LogP contribution is -2.29. The summed E-state index contributed by atoms with van der Waals surface area (Å²) in [4.78, 5) is 29.0. The van der Waals surface area contributed by atoms with Crippen molar-refractivity contribution in [3.8, 4) is 0 Å². The van der Waals surface area contributed by atoms with Crippen LogP contribution in [0, 0.1) is 18.5 Å². The van der Waals surface area contributed by atoms with Crippen molar-refractivity contribution in [3.05, 3.63) is 57.4 Å². The molecule has 1 aromatic carbocycles. The van der Waals surface area contributed by atoms with Crippen molar-refractivity contribution in [1.29, 1.82) is 0 Å².